The number of carbonyl (C=O) groups is 1. The molecule has 37 heavy (non-hydrogen) atoms. The lowest BCUT2D eigenvalue weighted by atomic mass is 9.43. The fourth-order valence-corrected chi connectivity index (χ4v) is 10.8. The van der Waals surface area contributed by atoms with Crippen molar-refractivity contribution in [3.63, 3.8) is 0 Å². The van der Waals surface area contributed by atoms with Gasteiger partial charge in [-0.15, -0.1) is 0 Å². The molecule has 0 bridgehead atoms. The largest absolute Gasteiger partial charge is 0.393 e. The Balaban J connectivity index is 1.26. The Morgan fingerprint density at radius 3 is 2.43 bits per heavy atom. The average Bonchev–Trinajstić information content (AvgIpc) is 3.45. The molecule has 5 fully saturated rings. The molecule has 1 saturated heterocycles. The molecule has 8 nitrogen and oxygen atoms in total. The molecular formula is C28H47NO7S. The van der Waals surface area contributed by atoms with E-state index in [1.54, 1.807) is 4.90 Å². The van der Waals surface area contributed by atoms with Crippen LogP contribution in [0.25, 0.3) is 0 Å². The lowest BCUT2D eigenvalue weighted by molar-refractivity contribution is -0.207. The fraction of sp³-hybridized carbons (Fsp3) is 0.964. The zero-order valence-corrected chi connectivity index (χ0v) is 23.4. The highest BCUT2D eigenvalue weighted by molar-refractivity contribution is 7.86. The Morgan fingerprint density at radius 2 is 1.76 bits per heavy atom. The number of likely N-dealkylation sites (tertiary alicyclic amines) is 1. The van der Waals surface area contributed by atoms with E-state index in [2.05, 4.69) is 20.8 Å². The van der Waals surface area contributed by atoms with Gasteiger partial charge in [0.15, 0.2) is 0 Å². The molecule has 12 atom stereocenters. The summed E-state index contributed by atoms with van der Waals surface area (Å²) in [4.78, 5) is 14.4. The normalized spacial score (nSPS) is 48.7. The van der Waals surface area contributed by atoms with Crippen molar-refractivity contribution >= 4 is 16.0 Å². The summed E-state index contributed by atoms with van der Waals surface area (Å²) in [5.41, 5.74) is -0.247. The van der Waals surface area contributed by atoms with E-state index >= 15 is 0 Å². The summed E-state index contributed by atoms with van der Waals surface area (Å²) in [5.74, 6) is 1.41. The molecule has 0 aromatic heterocycles. The van der Waals surface area contributed by atoms with Gasteiger partial charge in [-0.05, 0) is 104 Å². The van der Waals surface area contributed by atoms with Crippen LogP contribution in [0.4, 0.5) is 0 Å². The van der Waals surface area contributed by atoms with Crippen molar-refractivity contribution in [3.8, 4) is 0 Å². The maximum Gasteiger partial charge on any atom is 0.269 e. The summed E-state index contributed by atoms with van der Waals surface area (Å²) in [6.07, 6.45) is 6.10. The van der Waals surface area contributed by atoms with Crippen LogP contribution in [-0.4, -0.2) is 75.7 Å². The number of carbonyl (C=O) groups excluding carboxylic acids is 1. The fourth-order valence-electron chi connectivity index (χ4n) is 10.0. The predicted molar refractivity (Wildman–Crippen MR) is 139 cm³/mol. The molecule has 0 aromatic carbocycles. The summed E-state index contributed by atoms with van der Waals surface area (Å²) >= 11 is 0. The Labute approximate surface area is 221 Å². The van der Waals surface area contributed by atoms with Crippen LogP contribution in [0.5, 0.6) is 0 Å². The number of nitrogens with zero attached hydrogens (tertiary/aromatic N) is 1. The third-order valence-electron chi connectivity index (χ3n) is 12.3. The van der Waals surface area contributed by atoms with Crippen molar-refractivity contribution < 1.29 is 33.1 Å². The molecule has 5 aliphatic rings. The number of aliphatic hydroxyl groups excluding tert-OH is 3. The van der Waals surface area contributed by atoms with Gasteiger partial charge in [-0.3, -0.25) is 9.35 Å². The highest BCUT2D eigenvalue weighted by atomic mass is 32.2. The predicted octanol–water partition coefficient (Wildman–Crippen LogP) is 2.85. The second-order valence-electron chi connectivity index (χ2n) is 13.8. The van der Waals surface area contributed by atoms with E-state index in [1.807, 2.05) is 0 Å². The first-order valence-corrected chi connectivity index (χ1v) is 16.0. The van der Waals surface area contributed by atoms with Gasteiger partial charge in [0.25, 0.3) is 10.1 Å². The molecular weight excluding hydrogens is 494 g/mol. The molecule has 1 heterocycles. The van der Waals surface area contributed by atoms with E-state index in [-0.39, 0.29) is 65.4 Å². The molecule has 1 aliphatic heterocycles. The highest BCUT2D eigenvalue weighted by Gasteiger charge is 2.65. The quantitative estimate of drug-likeness (QED) is 0.393. The van der Waals surface area contributed by atoms with E-state index in [9.17, 15) is 33.1 Å². The lowest BCUT2D eigenvalue weighted by Crippen LogP contribution is -2.62. The van der Waals surface area contributed by atoms with Gasteiger partial charge in [0.2, 0.25) is 5.91 Å². The maximum absolute atomic E-state index is 12.8. The highest BCUT2D eigenvalue weighted by Crippen LogP contribution is 2.68. The third-order valence-corrected chi connectivity index (χ3v) is 13.5. The summed E-state index contributed by atoms with van der Waals surface area (Å²) in [7, 11) is -4.12. The Kier molecular flexibility index (Phi) is 7.30. The van der Waals surface area contributed by atoms with Crippen LogP contribution >= 0.6 is 0 Å². The van der Waals surface area contributed by atoms with E-state index in [0.29, 0.717) is 31.7 Å². The van der Waals surface area contributed by atoms with Crippen LogP contribution in [0.2, 0.25) is 0 Å². The number of hydrogen-bond acceptors (Lipinski definition) is 6. The topological polar surface area (TPSA) is 135 Å². The molecule has 4 aliphatic carbocycles. The molecule has 0 aromatic rings. The molecule has 4 N–H and O–H groups in total. The molecule has 0 radical (unpaired) electrons. The smallest absolute Gasteiger partial charge is 0.269 e. The minimum Gasteiger partial charge on any atom is -0.393 e. The van der Waals surface area contributed by atoms with Crippen LogP contribution < -0.4 is 0 Å². The monoisotopic (exact) mass is 541 g/mol. The second-order valence-corrected chi connectivity index (χ2v) is 15.5. The summed E-state index contributed by atoms with van der Waals surface area (Å²) in [6.45, 7) is 7.15. The number of aliphatic hydroxyl groups is 3. The van der Waals surface area contributed by atoms with Crippen molar-refractivity contribution in [1.82, 2.24) is 4.90 Å². The first-order chi connectivity index (χ1) is 17.3. The van der Waals surface area contributed by atoms with Crippen LogP contribution in [0.1, 0.15) is 85.0 Å². The Morgan fingerprint density at radius 1 is 1.03 bits per heavy atom. The minimum atomic E-state index is -4.12. The molecule has 212 valence electrons. The van der Waals surface area contributed by atoms with Crippen LogP contribution in [0.15, 0.2) is 0 Å². The second kappa shape index (κ2) is 9.72. The molecule has 5 rings (SSSR count). The van der Waals surface area contributed by atoms with E-state index in [4.69, 9.17) is 0 Å². The minimum absolute atomic E-state index is 0.0528. The Hall–Kier alpha value is -0.740. The number of fused-ring (bicyclic) bond motifs is 5. The van der Waals surface area contributed by atoms with Crippen LogP contribution in [0, 0.1) is 46.3 Å². The first-order valence-electron chi connectivity index (χ1n) is 14.5. The van der Waals surface area contributed by atoms with Gasteiger partial charge in [0.05, 0.1) is 18.3 Å². The number of hydrogen-bond donors (Lipinski definition) is 4. The molecule has 9 heteroatoms. The van der Waals surface area contributed by atoms with Gasteiger partial charge in [0.1, 0.15) is 5.25 Å². The molecule has 0 spiro atoms. The number of rotatable bonds is 5. The molecule has 1 amide bonds. The van der Waals surface area contributed by atoms with Gasteiger partial charge in [0, 0.05) is 19.5 Å². The van der Waals surface area contributed by atoms with E-state index in [0.717, 1.165) is 38.5 Å². The Bertz CT molecular complexity index is 989. The molecule has 0 unspecified atom stereocenters. The van der Waals surface area contributed by atoms with Crippen molar-refractivity contribution in [2.75, 3.05) is 13.1 Å². The van der Waals surface area contributed by atoms with Gasteiger partial charge >= 0.3 is 0 Å². The summed E-state index contributed by atoms with van der Waals surface area (Å²) in [5, 5.41) is 32.5. The standard InChI is InChI=1S/C28H47NO7S/c1-16(4-7-25(33)29-11-9-19(15-29)37(34,35)36)20-5-6-21-26-22(14-24(32)28(20,21)3)27(2)10-8-18(30)12-17(27)13-23(26)31/h16-24,26,30-32H,4-15H2,1-3H3,(H,34,35,36)/t16-,17+,18-,19-,20-,21+,22+,23-,24+,26+,27+,28-/m1/s1. The van der Waals surface area contributed by atoms with Crippen LogP contribution in [-0.2, 0) is 14.9 Å². The summed E-state index contributed by atoms with van der Waals surface area (Å²) < 4.78 is 32.2. The lowest BCUT2D eigenvalue weighted by Gasteiger charge is -2.63. The average molecular weight is 542 g/mol. The third kappa shape index (κ3) is 4.58. The number of amides is 1. The van der Waals surface area contributed by atoms with E-state index in [1.165, 1.54) is 0 Å². The first kappa shape index (κ1) is 27.8. The molecule has 4 saturated carbocycles. The van der Waals surface area contributed by atoms with Gasteiger partial charge in [-0.25, -0.2) is 0 Å². The van der Waals surface area contributed by atoms with Gasteiger partial charge in [-0.1, -0.05) is 20.8 Å². The van der Waals surface area contributed by atoms with Gasteiger partial charge < -0.3 is 20.2 Å². The van der Waals surface area contributed by atoms with Crippen molar-refractivity contribution in [3.05, 3.63) is 0 Å². The van der Waals surface area contributed by atoms with Crippen molar-refractivity contribution in [2.24, 2.45) is 46.3 Å². The zero-order valence-electron chi connectivity index (χ0n) is 22.6. The summed E-state index contributed by atoms with van der Waals surface area (Å²) in [6, 6.07) is 0. The SMILES string of the molecule is C[C@H](CCC(=O)N1CC[C@@H](S(=O)(=O)O)C1)[C@H]1CC[C@H]2[C@@H]3[C@H](O)C[C@@H]4C[C@H](O)CC[C@]4(C)[C@H]3C[C@H](O)[C@]12C. The van der Waals surface area contributed by atoms with Crippen molar-refractivity contribution in [1.29, 1.82) is 0 Å². The maximum atomic E-state index is 12.8. The van der Waals surface area contributed by atoms with Crippen LogP contribution in [0.3, 0.4) is 0 Å². The van der Waals surface area contributed by atoms with Gasteiger partial charge in [-0.2, -0.15) is 8.42 Å². The zero-order chi connectivity index (χ0) is 26.9. The van der Waals surface area contributed by atoms with E-state index < -0.39 is 27.6 Å². The van der Waals surface area contributed by atoms with Crippen molar-refractivity contribution in [2.45, 2.75) is 109 Å².